The first-order valence-corrected chi connectivity index (χ1v) is 9.54. The molecule has 31 heavy (non-hydrogen) atoms. The van der Waals surface area contributed by atoms with Crippen molar-refractivity contribution in [2.24, 2.45) is 0 Å². The summed E-state index contributed by atoms with van der Waals surface area (Å²) in [6.07, 6.45) is -4.57. The minimum atomic E-state index is -4.55. The van der Waals surface area contributed by atoms with Crippen LogP contribution in [-0.2, 0) is 17.4 Å². The molecule has 0 fully saturated rings. The second-order valence-corrected chi connectivity index (χ2v) is 7.35. The number of carbonyl (C=O) groups excluding carboxylic acids is 1. The number of carbonyl (C=O) groups is 1. The van der Waals surface area contributed by atoms with Gasteiger partial charge in [0, 0.05) is 17.1 Å². The Morgan fingerprint density at radius 3 is 2.35 bits per heavy atom. The van der Waals surface area contributed by atoms with Gasteiger partial charge in [0.15, 0.2) is 11.5 Å². The maximum atomic E-state index is 13.5. The molecular formula is C23H19F3N2O3. The molecule has 1 aliphatic rings. The smallest absolute Gasteiger partial charge is 0.416 e. The Hall–Kier alpha value is -3.55. The van der Waals surface area contributed by atoms with Crippen LogP contribution in [0.5, 0.6) is 11.5 Å². The quantitative estimate of drug-likeness (QED) is 0.613. The molecule has 0 radical (unpaired) electrons. The highest BCUT2D eigenvalue weighted by molar-refractivity contribution is 5.93. The first-order valence-electron chi connectivity index (χ1n) is 9.54. The number of fused-ring (bicyclic) bond motifs is 1. The summed E-state index contributed by atoms with van der Waals surface area (Å²) in [7, 11) is 0. The number of hydrogen-bond donors (Lipinski definition) is 1. The molecule has 3 aromatic rings. The van der Waals surface area contributed by atoms with E-state index in [0.717, 1.165) is 12.1 Å². The average molecular weight is 428 g/mol. The number of pyridine rings is 1. The van der Waals surface area contributed by atoms with Crippen molar-refractivity contribution in [2.45, 2.75) is 26.4 Å². The van der Waals surface area contributed by atoms with Crippen LogP contribution in [0.3, 0.4) is 0 Å². The van der Waals surface area contributed by atoms with E-state index in [1.807, 2.05) is 0 Å². The molecule has 0 spiro atoms. The Morgan fingerprint density at radius 1 is 0.968 bits per heavy atom. The minimum Gasteiger partial charge on any atom is -0.454 e. The van der Waals surface area contributed by atoms with Crippen LogP contribution in [0, 0.1) is 13.8 Å². The maximum absolute atomic E-state index is 13.5. The Kier molecular flexibility index (Phi) is 5.31. The number of benzene rings is 2. The summed E-state index contributed by atoms with van der Waals surface area (Å²) >= 11 is 0. The number of aryl methyl sites for hydroxylation is 2. The highest BCUT2D eigenvalue weighted by Crippen LogP contribution is 2.36. The Morgan fingerprint density at radius 2 is 1.65 bits per heavy atom. The van der Waals surface area contributed by atoms with Crippen LogP contribution in [0.15, 0.2) is 48.5 Å². The van der Waals surface area contributed by atoms with E-state index in [4.69, 9.17) is 9.47 Å². The number of halogens is 3. The van der Waals surface area contributed by atoms with E-state index >= 15 is 0 Å². The zero-order valence-electron chi connectivity index (χ0n) is 16.8. The molecule has 5 nitrogen and oxygen atoms in total. The van der Waals surface area contributed by atoms with E-state index in [9.17, 15) is 18.0 Å². The summed E-state index contributed by atoms with van der Waals surface area (Å²) in [5, 5.41) is 2.58. The standard InChI is InChI=1S/C23H19F3N2O3/c1-13-5-16(6-14(2)27-13)17-9-18(23(24,25)26)11-19(10-17)28-22(29)8-15-3-4-20-21(7-15)31-12-30-20/h3-7,9-11H,8,12H2,1-2H3,(H,28,29). The zero-order valence-corrected chi connectivity index (χ0v) is 16.8. The lowest BCUT2D eigenvalue weighted by atomic mass is 10.0. The molecule has 2 heterocycles. The fraction of sp³-hybridized carbons (Fsp3) is 0.217. The van der Waals surface area contributed by atoms with E-state index in [0.29, 0.717) is 39.6 Å². The number of alkyl halides is 3. The van der Waals surface area contributed by atoms with Gasteiger partial charge in [0.1, 0.15) is 0 Å². The van der Waals surface area contributed by atoms with Crippen LogP contribution in [0.4, 0.5) is 18.9 Å². The third kappa shape index (κ3) is 4.79. The van der Waals surface area contributed by atoms with Gasteiger partial charge in [0.05, 0.1) is 12.0 Å². The van der Waals surface area contributed by atoms with Gasteiger partial charge in [-0.2, -0.15) is 13.2 Å². The van der Waals surface area contributed by atoms with Crippen molar-refractivity contribution in [3.8, 4) is 22.6 Å². The molecule has 160 valence electrons. The van der Waals surface area contributed by atoms with Gasteiger partial charge in [-0.25, -0.2) is 0 Å². The molecule has 8 heteroatoms. The van der Waals surface area contributed by atoms with Gasteiger partial charge in [-0.3, -0.25) is 9.78 Å². The topological polar surface area (TPSA) is 60.5 Å². The fourth-order valence-electron chi connectivity index (χ4n) is 3.47. The predicted octanol–water partition coefficient (Wildman–Crippen LogP) is 5.29. The molecule has 0 bridgehead atoms. The molecule has 0 saturated heterocycles. The van der Waals surface area contributed by atoms with Crippen LogP contribution >= 0.6 is 0 Å². The van der Waals surface area contributed by atoms with Crippen LogP contribution in [-0.4, -0.2) is 17.7 Å². The van der Waals surface area contributed by atoms with Crippen LogP contribution in [0.25, 0.3) is 11.1 Å². The number of aromatic nitrogens is 1. The van der Waals surface area contributed by atoms with E-state index in [-0.39, 0.29) is 18.9 Å². The lowest BCUT2D eigenvalue weighted by Crippen LogP contribution is -2.15. The number of nitrogens with zero attached hydrogens (tertiary/aromatic N) is 1. The minimum absolute atomic E-state index is 0.0182. The molecule has 0 unspecified atom stereocenters. The average Bonchev–Trinajstić information content (AvgIpc) is 3.14. The Bertz CT molecular complexity index is 1140. The van der Waals surface area contributed by atoms with Gasteiger partial charge in [0.2, 0.25) is 12.7 Å². The van der Waals surface area contributed by atoms with Crippen LogP contribution in [0.2, 0.25) is 0 Å². The molecule has 1 amide bonds. The number of nitrogens with one attached hydrogen (secondary N) is 1. The number of hydrogen-bond acceptors (Lipinski definition) is 4. The number of ether oxygens (including phenoxy) is 2. The second kappa shape index (κ2) is 7.94. The summed E-state index contributed by atoms with van der Waals surface area (Å²) in [5.41, 5.74) is 2.23. The van der Waals surface area contributed by atoms with Crippen molar-refractivity contribution >= 4 is 11.6 Å². The number of amides is 1. The highest BCUT2D eigenvalue weighted by atomic mass is 19.4. The molecule has 0 aliphatic carbocycles. The van der Waals surface area contributed by atoms with Crippen molar-refractivity contribution in [1.29, 1.82) is 0 Å². The molecule has 4 rings (SSSR count). The Balaban J connectivity index is 1.61. The van der Waals surface area contributed by atoms with Crippen molar-refractivity contribution < 1.29 is 27.4 Å². The largest absolute Gasteiger partial charge is 0.454 e. The summed E-state index contributed by atoms with van der Waals surface area (Å²) in [5.74, 6) is 0.691. The van der Waals surface area contributed by atoms with Gasteiger partial charge < -0.3 is 14.8 Å². The van der Waals surface area contributed by atoms with Crippen molar-refractivity contribution in [1.82, 2.24) is 4.98 Å². The van der Waals surface area contributed by atoms with Crippen molar-refractivity contribution in [2.75, 3.05) is 12.1 Å². The second-order valence-electron chi connectivity index (χ2n) is 7.35. The molecular weight excluding hydrogens is 409 g/mol. The van der Waals surface area contributed by atoms with Crippen molar-refractivity contribution in [3.63, 3.8) is 0 Å². The summed E-state index contributed by atoms with van der Waals surface area (Å²) in [6, 6.07) is 12.0. The summed E-state index contributed by atoms with van der Waals surface area (Å²) in [6.45, 7) is 3.67. The van der Waals surface area contributed by atoms with Crippen LogP contribution in [0.1, 0.15) is 22.5 Å². The summed E-state index contributed by atoms with van der Waals surface area (Å²) < 4.78 is 51.0. The van der Waals surface area contributed by atoms with Crippen molar-refractivity contribution in [3.05, 3.63) is 71.0 Å². The van der Waals surface area contributed by atoms with Gasteiger partial charge in [-0.15, -0.1) is 0 Å². The lowest BCUT2D eigenvalue weighted by Gasteiger charge is -2.14. The lowest BCUT2D eigenvalue weighted by molar-refractivity contribution is -0.137. The van der Waals surface area contributed by atoms with E-state index in [2.05, 4.69) is 10.3 Å². The maximum Gasteiger partial charge on any atom is 0.416 e. The number of rotatable bonds is 4. The third-order valence-corrected chi connectivity index (χ3v) is 4.76. The van der Waals surface area contributed by atoms with E-state index < -0.39 is 17.6 Å². The number of anilines is 1. The zero-order chi connectivity index (χ0) is 22.2. The predicted molar refractivity (Wildman–Crippen MR) is 109 cm³/mol. The van der Waals surface area contributed by atoms with Gasteiger partial charge in [-0.1, -0.05) is 6.07 Å². The fourth-order valence-corrected chi connectivity index (χ4v) is 3.47. The van der Waals surface area contributed by atoms with Crippen LogP contribution < -0.4 is 14.8 Å². The molecule has 2 aromatic carbocycles. The van der Waals surface area contributed by atoms with E-state index in [1.165, 1.54) is 6.07 Å². The van der Waals surface area contributed by atoms with Gasteiger partial charge in [-0.05, 0) is 73.0 Å². The monoisotopic (exact) mass is 428 g/mol. The molecule has 1 N–H and O–H groups in total. The first kappa shape index (κ1) is 20.7. The SMILES string of the molecule is Cc1cc(-c2cc(NC(=O)Cc3ccc4c(c3)OCO4)cc(C(F)(F)F)c2)cc(C)n1. The summed E-state index contributed by atoms with van der Waals surface area (Å²) in [4.78, 5) is 16.8. The molecule has 0 atom stereocenters. The van der Waals surface area contributed by atoms with Gasteiger partial charge in [0.25, 0.3) is 0 Å². The normalized spacial score (nSPS) is 12.7. The highest BCUT2D eigenvalue weighted by Gasteiger charge is 2.31. The molecule has 0 saturated carbocycles. The van der Waals surface area contributed by atoms with Gasteiger partial charge >= 0.3 is 6.18 Å². The van der Waals surface area contributed by atoms with E-state index in [1.54, 1.807) is 44.2 Å². The third-order valence-electron chi connectivity index (χ3n) is 4.76. The molecule has 1 aromatic heterocycles. The Labute approximate surface area is 176 Å². The molecule has 1 aliphatic heterocycles. The first-order chi connectivity index (χ1) is 14.7.